The molecule has 5 heteroatoms. The van der Waals surface area contributed by atoms with Crippen LogP contribution >= 0.6 is 0 Å². The van der Waals surface area contributed by atoms with E-state index in [1.54, 1.807) is 0 Å². The summed E-state index contributed by atoms with van der Waals surface area (Å²) in [5.41, 5.74) is 0. The number of esters is 1. The second kappa shape index (κ2) is 3.53. The van der Waals surface area contributed by atoms with E-state index in [0.29, 0.717) is 12.8 Å². The smallest absolute Gasteiger partial charge is 0.322 e. The first-order valence-electron chi connectivity index (χ1n) is 3.72. The van der Waals surface area contributed by atoms with Crippen LogP contribution in [-0.4, -0.2) is 36.2 Å². The maximum Gasteiger partial charge on any atom is 0.322 e. The summed E-state index contributed by atoms with van der Waals surface area (Å²) in [6, 6.07) is -1.05. The fourth-order valence-electron chi connectivity index (χ4n) is 1.27. The molecule has 1 rings (SSSR count). The zero-order valence-corrected chi connectivity index (χ0v) is 6.74. The maximum atomic E-state index is 10.9. The molecule has 0 unspecified atom stereocenters. The van der Waals surface area contributed by atoms with Gasteiger partial charge in [-0.3, -0.25) is 14.9 Å². The first-order chi connectivity index (χ1) is 5.65. The highest BCUT2D eigenvalue weighted by molar-refractivity contribution is 5.80. The summed E-state index contributed by atoms with van der Waals surface area (Å²) >= 11 is 0. The van der Waals surface area contributed by atoms with Crippen molar-refractivity contribution in [3.8, 4) is 0 Å². The number of carbonyl (C=O) groups excluding carboxylic acids is 1. The lowest BCUT2D eigenvalue weighted by atomic mass is 10.2. The van der Waals surface area contributed by atoms with Gasteiger partial charge in [-0.25, -0.2) is 0 Å². The Morgan fingerprint density at radius 1 is 1.42 bits per heavy atom. The molecule has 5 nitrogen and oxygen atoms in total. The molecule has 0 radical (unpaired) electrons. The van der Waals surface area contributed by atoms with E-state index in [1.165, 1.54) is 7.11 Å². The highest BCUT2D eigenvalue weighted by Crippen LogP contribution is 2.13. The summed E-state index contributed by atoms with van der Waals surface area (Å²) in [5.74, 6) is -1.31. The highest BCUT2D eigenvalue weighted by Gasteiger charge is 2.33. The number of rotatable bonds is 2. The second-order valence-corrected chi connectivity index (χ2v) is 2.71. The molecular formula is C7H11NO4. The molecule has 1 heterocycles. The largest absolute Gasteiger partial charge is 0.480 e. The summed E-state index contributed by atoms with van der Waals surface area (Å²) in [6.07, 6.45) is 1.01. The molecule has 0 aromatic rings. The van der Waals surface area contributed by atoms with Gasteiger partial charge in [0.1, 0.15) is 12.1 Å². The molecule has 2 atom stereocenters. The third-order valence-corrected chi connectivity index (χ3v) is 1.93. The standard InChI is InChI=1S/C7H11NO4/c1-12-7(11)5-3-2-4(8-5)6(9)10/h4-5,8H,2-3H2,1H3,(H,9,10)/t4-,5+/m1/s1. The highest BCUT2D eigenvalue weighted by atomic mass is 16.5. The van der Waals surface area contributed by atoms with Crippen molar-refractivity contribution in [3.05, 3.63) is 0 Å². The number of ether oxygens (including phenoxy) is 1. The van der Waals surface area contributed by atoms with Gasteiger partial charge in [-0.15, -0.1) is 0 Å². The van der Waals surface area contributed by atoms with Crippen molar-refractivity contribution in [3.63, 3.8) is 0 Å². The number of aliphatic carboxylic acids is 1. The van der Waals surface area contributed by atoms with Gasteiger partial charge >= 0.3 is 11.9 Å². The van der Waals surface area contributed by atoms with Crippen molar-refractivity contribution in [2.45, 2.75) is 24.9 Å². The number of carboxylic acid groups (broad SMARTS) is 1. The lowest BCUT2D eigenvalue weighted by Gasteiger charge is -2.08. The van der Waals surface area contributed by atoms with E-state index < -0.39 is 24.0 Å². The Labute approximate surface area is 69.7 Å². The molecule has 2 N–H and O–H groups in total. The van der Waals surface area contributed by atoms with Crippen LogP contribution in [0.4, 0.5) is 0 Å². The normalized spacial score (nSPS) is 28.4. The first kappa shape index (κ1) is 8.99. The van der Waals surface area contributed by atoms with Crippen LogP contribution in [0.1, 0.15) is 12.8 Å². The molecule has 0 spiro atoms. The van der Waals surface area contributed by atoms with Crippen molar-refractivity contribution in [2.24, 2.45) is 0 Å². The summed E-state index contributed by atoms with van der Waals surface area (Å²) in [7, 11) is 1.29. The average Bonchev–Trinajstić information content (AvgIpc) is 2.51. The molecule has 0 aromatic carbocycles. The predicted molar refractivity (Wildman–Crippen MR) is 39.6 cm³/mol. The number of hydrogen-bond donors (Lipinski definition) is 2. The number of methoxy groups -OCH3 is 1. The first-order valence-corrected chi connectivity index (χ1v) is 3.72. The van der Waals surface area contributed by atoms with Gasteiger partial charge in [-0.05, 0) is 12.8 Å². The van der Waals surface area contributed by atoms with Gasteiger partial charge in [0.05, 0.1) is 7.11 Å². The van der Waals surface area contributed by atoms with E-state index in [2.05, 4.69) is 10.1 Å². The van der Waals surface area contributed by atoms with E-state index in [-0.39, 0.29) is 0 Å². The van der Waals surface area contributed by atoms with Crippen molar-refractivity contribution in [1.29, 1.82) is 0 Å². The molecule has 0 saturated carbocycles. The Balaban J connectivity index is 2.45. The molecule has 0 aromatic heterocycles. The van der Waals surface area contributed by atoms with Crippen LogP contribution in [0.3, 0.4) is 0 Å². The average molecular weight is 173 g/mol. The topological polar surface area (TPSA) is 75.6 Å². The van der Waals surface area contributed by atoms with Gasteiger partial charge in [0.2, 0.25) is 0 Å². The van der Waals surface area contributed by atoms with Gasteiger partial charge in [0.15, 0.2) is 0 Å². The molecule has 1 aliphatic heterocycles. The third-order valence-electron chi connectivity index (χ3n) is 1.93. The van der Waals surface area contributed by atoms with Crippen LogP contribution in [-0.2, 0) is 14.3 Å². The molecular weight excluding hydrogens is 162 g/mol. The summed E-state index contributed by atoms with van der Waals surface area (Å²) < 4.78 is 4.47. The SMILES string of the molecule is COC(=O)[C@@H]1CC[C@H](C(=O)O)N1. The maximum absolute atomic E-state index is 10.9. The quantitative estimate of drug-likeness (QED) is 0.543. The van der Waals surface area contributed by atoms with Crippen LogP contribution in [0.2, 0.25) is 0 Å². The van der Waals surface area contributed by atoms with Gasteiger partial charge in [-0.1, -0.05) is 0 Å². The Hall–Kier alpha value is -1.10. The number of carbonyl (C=O) groups is 2. The summed E-state index contributed by atoms with van der Waals surface area (Å²) in [6.45, 7) is 0. The number of hydrogen-bond acceptors (Lipinski definition) is 4. The minimum atomic E-state index is -0.915. The van der Waals surface area contributed by atoms with Gasteiger partial charge < -0.3 is 9.84 Å². The van der Waals surface area contributed by atoms with Crippen LogP contribution in [0, 0.1) is 0 Å². The van der Waals surface area contributed by atoms with Crippen molar-refractivity contribution >= 4 is 11.9 Å². The molecule has 0 bridgehead atoms. The Bertz CT molecular complexity index is 204. The molecule has 0 amide bonds. The van der Waals surface area contributed by atoms with Gasteiger partial charge in [-0.2, -0.15) is 0 Å². The van der Waals surface area contributed by atoms with Crippen molar-refractivity contribution < 1.29 is 19.4 Å². The van der Waals surface area contributed by atoms with Crippen LogP contribution in [0.5, 0.6) is 0 Å². The minimum absolute atomic E-state index is 0.390. The zero-order valence-electron chi connectivity index (χ0n) is 6.74. The predicted octanol–water partition coefficient (Wildman–Crippen LogP) is -0.635. The van der Waals surface area contributed by atoms with E-state index in [1.807, 2.05) is 0 Å². The van der Waals surface area contributed by atoms with Crippen LogP contribution < -0.4 is 5.32 Å². The molecule has 0 aliphatic carbocycles. The van der Waals surface area contributed by atoms with Crippen molar-refractivity contribution in [1.82, 2.24) is 5.32 Å². The molecule has 1 saturated heterocycles. The van der Waals surface area contributed by atoms with Crippen LogP contribution in [0.15, 0.2) is 0 Å². The van der Waals surface area contributed by atoms with Crippen LogP contribution in [0.25, 0.3) is 0 Å². The Morgan fingerprint density at radius 2 is 2.00 bits per heavy atom. The summed E-state index contributed by atoms with van der Waals surface area (Å²) in [5, 5.41) is 11.2. The summed E-state index contributed by atoms with van der Waals surface area (Å²) in [4.78, 5) is 21.3. The second-order valence-electron chi connectivity index (χ2n) is 2.71. The third kappa shape index (κ3) is 1.73. The van der Waals surface area contributed by atoms with E-state index in [9.17, 15) is 9.59 Å². The number of carboxylic acids is 1. The Kier molecular flexibility index (Phi) is 2.65. The van der Waals surface area contributed by atoms with Crippen molar-refractivity contribution in [2.75, 3.05) is 7.11 Å². The molecule has 12 heavy (non-hydrogen) atoms. The fourth-order valence-corrected chi connectivity index (χ4v) is 1.27. The lowest BCUT2D eigenvalue weighted by molar-refractivity contribution is -0.143. The van der Waals surface area contributed by atoms with E-state index in [4.69, 9.17) is 5.11 Å². The lowest BCUT2D eigenvalue weighted by Crippen LogP contribution is -2.39. The van der Waals surface area contributed by atoms with E-state index in [0.717, 1.165) is 0 Å². The van der Waals surface area contributed by atoms with Gasteiger partial charge in [0.25, 0.3) is 0 Å². The molecule has 68 valence electrons. The fraction of sp³-hybridized carbons (Fsp3) is 0.714. The zero-order chi connectivity index (χ0) is 9.14. The van der Waals surface area contributed by atoms with E-state index >= 15 is 0 Å². The number of nitrogens with one attached hydrogen (secondary N) is 1. The Morgan fingerprint density at radius 3 is 2.42 bits per heavy atom. The molecule has 1 aliphatic rings. The minimum Gasteiger partial charge on any atom is -0.480 e. The molecule has 1 fully saturated rings. The monoisotopic (exact) mass is 173 g/mol. The van der Waals surface area contributed by atoms with Gasteiger partial charge in [0, 0.05) is 0 Å².